The van der Waals surface area contributed by atoms with Crippen molar-refractivity contribution < 1.29 is 9.53 Å². The molecule has 0 aliphatic heterocycles. The average molecular weight is 242 g/mol. The molecule has 0 amide bonds. The van der Waals surface area contributed by atoms with Gasteiger partial charge < -0.3 is 16.2 Å². The van der Waals surface area contributed by atoms with Crippen molar-refractivity contribution in [2.45, 2.75) is 6.92 Å². The molecule has 0 bridgehead atoms. The molecule has 0 fully saturated rings. The SMILES string of the molecule is Cc1ccc(OC(=O)c2cccc(N)c2)c(N)c1. The highest BCUT2D eigenvalue weighted by atomic mass is 16.5. The van der Waals surface area contributed by atoms with Crippen molar-refractivity contribution in [3.8, 4) is 5.75 Å². The molecule has 0 atom stereocenters. The van der Waals surface area contributed by atoms with Crippen LogP contribution in [0.5, 0.6) is 5.75 Å². The van der Waals surface area contributed by atoms with Crippen molar-refractivity contribution in [3.05, 3.63) is 53.6 Å². The van der Waals surface area contributed by atoms with Gasteiger partial charge in [0, 0.05) is 5.69 Å². The van der Waals surface area contributed by atoms with E-state index in [0.717, 1.165) is 5.56 Å². The number of ether oxygens (including phenoxy) is 1. The van der Waals surface area contributed by atoms with E-state index < -0.39 is 5.97 Å². The predicted molar refractivity (Wildman–Crippen MR) is 71.4 cm³/mol. The molecular weight excluding hydrogens is 228 g/mol. The summed E-state index contributed by atoms with van der Waals surface area (Å²) in [6.07, 6.45) is 0. The van der Waals surface area contributed by atoms with Crippen LogP contribution < -0.4 is 16.2 Å². The lowest BCUT2D eigenvalue weighted by Gasteiger charge is -2.08. The van der Waals surface area contributed by atoms with Crippen LogP contribution in [0.3, 0.4) is 0 Å². The van der Waals surface area contributed by atoms with Crippen LogP contribution in [0, 0.1) is 6.92 Å². The van der Waals surface area contributed by atoms with Gasteiger partial charge in [0.25, 0.3) is 0 Å². The number of hydrogen-bond acceptors (Lipinski definition) is 4. The highest BCUT2D eigenvalue weighted by Gasteiger charge is 2.10. The number of hydrogen-bond donors (Lipinski definition) is 2. The van der Waals surface area contributed by atoms with E-state index in [-0.39, 0.29) is 0 Å². The van der Waals surface area contributed by atoms with Crippen LogP contribution in [0.4, 0.5) is 11.4 Å². The molecule has 2 aromatic rings. The van der Waals surface area contributed by atoms with Crippen molar-refractivity contribution in [2.24, 2.45) is 0 Å². The summed E-state index contributed by atoms with van der Waals surface area (Å²) in [6, 6.07) is 11.9. The fraction of sp³-hybridized carbons (Fsp3) is 0.0714. The minimum Gasteiger partial charge on any atom is -0.421 e. The van der Waals surface area contributed by atoms with Crippen LogP contribution in [0.15, 0.2) is 42.5 Å². The lowest BCUT2D eigenvalue weighted by molar-refractivity contribution is 0.0736. The Bertz CT molecular complexity index is 594. The quantitative estimate of drug-likeness (QED) is 0.481. The van der Waals surface area contributed by atoms with E-state index in [9.17, 15) is 4.79 Å². The molecule has 4 heteroatoms. The third kappa shape index (κ3) is 2.60. The summed E-state index contributed by atoms with van der Waals surface area (Å²) < 4.78 is 5.22. The van der Waals surface area contributed by atoms with Gasteiger partial charge in [-0.1, -0.05) is 12.1 Å². The van der Waals surface area contributed by atoms with Crippen LogP contribution in [-0.4, -0.2) is 5.97 Å². The third-order valence-electron chi connectivity index (χ3n) is 2.49. The number of anilines is 2. The fourth-order valence-corrected chi connectivity index (χ4v) is 1.59. The monoisotopic (exact) mass is 242 g/mol. The van der Waals surface area contributed by atoms with Gasteiger partial charge >= 0.3 is 5.97 Å². The number of benzene rings is 2. The highest BCUT2D eigenvalue weighted by Crippen LogP contribution is 2.23. The second-order valence-electron chi connectivity index (χ2n) is 4.06. The van der Waals surface area contributed by atoms with Gasteiger partial charge in [-0.05, 0) is 42.8 Å². The van der Waals surface area contributed by atoms with Crippen LogP contribution in [-0.2, 0) is 0 Å². The Morgan fingerprint density at radius 1 is 1.11 bits per heavy atom. The molecule has 0 aliphatic rings. The summed E-state index contributed by atoms with van der Waals surface area (Å²) >= 11 is 0. The normalized spacial score (nSPS) is 10.1. The van der Waals surface area contributed by atoms with Crippen LogP contribution in [0.25, 0.3) is 0 Å². The van der Waals surface area contributed by atoms with Gasteiger partial charge in [-0.2, -0.15) is 0 Å². The molecule has 0 aliphatic carbocycles. The first-order valence-electron chi connectivity index (χ1n) is 5.50. The average Bonchev–Trinajstić information content (AvgIpc) is 2.32. The molecule has 0 heterocycles. The number of esters is 1. The van der Waals surface area contributed by atoms with Crippen molar-refractivity contribution >= 4 is 17.3 Å². The first-order valence-corrected chi connectivity index (χ1v) is 5.50. The van der Waals surface area contributed by atoms with Crippen molar-refractivity contribution in [1.29, 1.82) is 0 Å². The summed E-state index contributed by atoms with van der Waals surface area (Å²) in [5, 5.41) is 0. The summed E-state index contributed by atoms with van der Waals surface area (Å²) in [5.74, 6) is -0.120. The van der Waals surface area contributed by atoms with Gasteiger partial charge in [0.15, 0.2) is 5.75 Å². The van der Waals surface area contributed by atoms with Crippen LogP contribution >= 0.6 is 0 Å². The number of nitrogens with two attached hydrogens (primary N) is 2. The lowest BCUT2D eigenvalue weighted by Crippen LogP contribution is -2.10. The molecular formula is C14H14N2O2. The number of nitrogen functional groups attached to an aromatic ring is 2. The zero-order chi connectivity index (χ0) is 13.1. The topological polar surface area (TPSA) is 78.3 Å². The molecule has 0 saturated carbocycles. The Labute approximate surface area is 105 Å². The molecule has 0 spiro atoms. The van der Waals surface area contributed by atoms with Crippen LogP contribution in [0.2, 0.25) is 0 Å². The summed E-state index contributed by atoms with van der Waals surface area (Å²) in [7, 11) is 0. The van der Waals surface area contributed by atoms with E-state index in [2.05, 4.69) is 0 Å². The van der Waals surface area contributed by atoms with Crippen molar-refractivity contribution in [2.75, 3.05) is 11.5 Å². The molecule has 0 radical (unpaired) electrons. The Hall–Kier alpha value is -2.49. The Balaban J connectivity index is 2.21. The van der Waals surface area contributed by atoms with Gasteiger partial charge in [-0.15, -0.1) is 0 Å². The number of aryl methyl sites for hydroxylation is 1. The first kappa shape index (κ1) is 12.0. The molecule has 0 unspecified atom stereocenters. The minimum atomic E-state index is -0.474. The Morgan fingerprint density at radius 3 is 2.56 bits per heavy atom. The lowest BCUT2D eigenvalue weighted by atomic mass is 10.2. The largest absolute Gasteiger partial charge is 0.421 e. The highest BCUT2D eigenvalue weighted by molar-refractivity contribution is 5.92. The molecule has 18 heavy (non-hydrogen) atoms. The first-order chi connectivity index (χ1) is 8.56. The van der Waals surface area contributed by atoms with E-state index >= 15 is 0 Å². The molecule has 0 saturated heterocycles. The second-order valence-corrected chi connectivity index (χ2v) is 4.06. The maximum absolute atomic E-state index is 11.9. The van der Waals surface area contributed by atoms with Crippen molar-refractivity contribution in [1.82, 2.24) is 0 Å². The van der Waals surface area contributed by atoms with Gasteiger partial charge in [-0.3, -0.25) is 0 Å². The van der Waals surface area contributed by atoms with Crippen molar-refractivity contribution in [3.63, 3.8) is 0 Å². The van der Waals surface area contributed by atoms with Crippen LogP contribution in [0.1, 0.15) is 15.9 Å². The van der Waals surface area contributed by atoms with E-state index in [1.165, 1.54) is 0 Å². The molecule has 2 rings (SSSR count). The maximum atomic E-state index is 11.9. The maximum Gasteiger partial charge on any atom is 0.343 e. The predicted octanol–water partition coefficient (Wildman–Crippen LogP) is 2.38. The van der Waals surface area contributed by atoms with E-state index in [0.29, 0.717) is 22.7 Å². The van der Waals surface area contributed by atoms with Gasteiger partial charge in [-0.25, -0.2) is 4.79 Å². The second kappa shape index (κ2) is 4.79. The van der Waals surface area contributed by atoms with E-state index in [1.807, 2.05) is 13.0 Å². The smallest absolute Gasteiger partial charge is 0.343 e. The number of rotatable bonds is 2. The molecule has 0 aromatic heterocycles. The minimum absolute atomic E-state index is 0.355. The Morgan fingerprint density at radius 2 is 1.89 bits per heavy atom. The summed E-state index contributed by atoms with van der Waals surface area (Å²) in [5.41, 5.74) is 13.7. The zero-order valence-electron chi connectivity index (χ0n) is 10.0. The summed E-state index contributed by atoms with van der Waals surface area (Å²) in [6.45, 7) is 1.92. The third-order valence-corrected chi connectivity index (χ3v) is 2.49. The fourth-order valence-electron chi connectivity index (χ4n) is 1.59. The molecule has 2 aromatic carbocycles. The number of carbonyl (C=O) groups excluding carboxylic acids is 1. The standard InChI is InChI=1S/C14H14N2O2/c1-9-5-6-13(12(16)7-9)18-14(17)10-3-2-4-11(15)8-10/h2-8H,15-16H2,1H3. The molecule has 4 N–H and O–H groups in total. The van der Waals surface area contributed by atoms with E-state index in [1.54, 1.807) is 36.4 Å². The zero-order valence-corrected chi connectivity index (χ0v) is 10.0. The number of carbonyl (C=O) groups is 1. The van der Waals surface area contributed by atoms with E-state index in [4.69, 9.17) is 16.2 Å². The molecule has 92 valence electrons. The van der Waals surface area contributed by atoms with Gasteiger partial charge in [0.2, 0.25) is 0 Å². The summed E-state index contributed by atoms with van der Waals surface area (Å²) in [4.78, 5) is 11.9. The van der Waals surface area contributed by atoms with Gasteiger partial charge in [0.1, 0.15) is 0 Å². The molecule has 4 nitrogen and oxygen atoms in total. The Kier molecular flexibility index (Phi) is 3.19. The van der Waals surface area contributed by atoms with Gasteiger partial charge in [0.05, 0.1) is 11.3 Å².